The number of hydrogen-bond acceptors (Lipinski definition) is 2. The monoisotopic (exact) mass is 310 g/mol. The van der Waals surface area contributed by atoms with Crippen molar-refractivity contribution in [3.8, 4) is 0 Å². The van der Waals surface area contributed by atoms with Gasteiger partial charge in [0.1, 0.15) is 11.2 Å². The van der Waals surface area contributed by atoms with Crippen molar-refractivity contribution in [3.05, 3.63) is 46.5 Å². The molecule has 0 aliphatic carbocycles. The summed E-state index contributed by atoms with van der Waals surface area (Å²) in [5, 5.41) is 1.15. The zero-order chi connectivity index (χ0) is 16.0. The molecule has 0 spiro atoms. The summed E-state index contributed by atoms with van der Waals surface area (Å²) in [6, 6.07) is 4.70. The molecule has 0 saturated carbocycles. The number of carbonyl (C=O) groups excluding carboxylic acids is 1. The minimum Gasteiger partial charge on any atom is -0.357 e. The number of fused-ring (bicyclic) bond motifs is 1. The van der Waals surface area contributed by atoms with E-state index in [0.717, 1.165) is 42.1 Å². The second-order valence-electron chi connectivity index (χ2n) is 6.64. The molecule has 2 N–H and O–H groups in total. The van der Waals surface area contributed by atoms with Crippen LogP contribution in [0.25, 0.3) is 5.57 Å². The summed E-state index contributed by atoms with van der Waals surface area (Å²) in [4.78, 5) is 25.7. The number of aromatic nitrogens is 2. The minimum atomic E-state index is 0.115. The molecule has 5 nitrogen and oxygen atoms in total. The Balaban J connectivity index is 1.70. The summed E-state index contributed by atoms with van der Waals surface area (Å²) in [5.74, 6) is 0.115. The first-order valence-corrected chi connectivity index (χ1v) is 8.37. The summed E-state index contributed by atoms with van der Waals surface area (Å²) < 4.78 is 0. The highest BCUT2D eigenvalue weighted by Gasteiger charge is 2.32. The van der Waals surface area contributed by atoms with E-state index < -0.39 is 0 Å². The Morgan fingerprint density at radius 2 is 2.04 bits per heavy atom. The predicted octanol–water partition coefficient (Wildman–Crippen LogP) is 1.58. The molecule has 4 rings (SSSR count). The van der Waals surface area contributed by atoms with E-state index in [2.05, 4.69) is 34.9 Å². The summed E-state index contributed by atoms with van der Waals surface area (Å²) in [6.07, 6.45) is 6.97. The molecule has 1 amide bonds. The first-order valence-electron chi connectivity index (χ1n) is 8.37. The van der Waals surface area contributed by atoms with Gasteiger partial charge in [-0.1, -0.05) is 0 Å². The highest BCUT2D eigenvalue weighted by molar-refractivity contribution is 5.94. The summed E-state index contributed by atoms with van der Waals surface area (Å²) in [5.41, 5.74) is 3.99. The van der Waals surface area contributed by atoms with Gasteiger partial charge in [0.05, 0.1) is 0 Å². The first kappa shape index (κ1) is 14.3. The number of rotatable bonds is 2. The molecule has 5 heteroatoms. The van der Waals surface area contributed by atoms with Crippen molar-refractivity contribution in [3.63, 3.8) is 0 Å². The fourth-order valence-corrected chi connectivity index (χ4v) is 3.88. The number of likely N-dealkylation sites (tertiary alicyclic amines) is 1. The smallest absolute Gasteiger partial charge is 0.270 e. The molecule has 1 saturated heterocycles. The van der Waals surface area contributed by atoms with Gasteiger partial charge in [-0.05, 0) is 56.4 Å². The van der Waals surface area contributed by atoms with Crippen LogP contribution in [0.5, 0.6) is 0 Å². The van der Waals surface area contributed by atoms with E-state index in [0.29, 0.717) is 17.8 Å². The average molecular weight is 310 g/mol. The van der Waals surface area contributed by atoms with Crippen LogP contribution >= 0.6 is 0 Å². The Bertz CT molecular complexity index is 850. The molecule has 2 aromatic rings. The molecule has 23 heavy (non-hydrogen) atoms. The third-order valence-corrected chi connectivity index (χ3v) is 5.13. The molecule has 1 fully saturated rings. The van der Waals surface area contributed by atoms with Crippen LogP contribution in [0.4, 0.5) is 0 Å². The summed E-state index contributed by atoms with van der Waals surface area (Å²) in [6.45, 7) is 5.06. The van der Waals surface area contributed by atoms with Gasteiger partial charge in [0.2, 0.25) is 0 Å². The standard InChI is InChI=1S/C18H22N4O/c1-11-3-4-12(2)22(11)18(23)16-9-13(10-21-16)14-5-7-19-17-15(14)6-8-20-17/h6,8-12,21H,3-5,7H2,1-2H3,(H,19,20). The van der Waals surface area contributed by atoms with Crippen LogP contribution in [-0.2, 0) is 0 Å². The Hall–Kier alpha value is -2.30. The highest BCUT2D eigenvalue weighted by atomic mass is 16.2. The fraction of sp³-hybridized carbons (Fsp3) is 0.444. The number of aromatic amines is 2. The molecule has 120 valence electrons. The van der Waals surface area contributed by atoms with E-state index in [1.807, 2.05) is 23.4 Å². The van der Waals surface area contributed by atoms with E-state index in [1.54, 1.807) is 0 Å². The maximum atomic E-state index is 12.8. The fourth-order valence-electron chi connectivity index (χ4n) is 3.88. The van der Waals surface area contributed by atoms with E-state index in [1.165, 1.54) is 5.57 Å². The third-order valence-electron chi connectivity index (χ3n) is 5.13. The highest BCUT2D eigenvalue weighted by Crippen LogP contribution is 2.26. The van der Waals surface area contributed by atoms with Gasteiger partial charge in [-0.2, -0.15) is 0 Å². The predicted molar refractivity (Wildman–Crippen MR) is 88.7 cm³/mol. The zero-order valence-electron chi connectivity index (χ0n) is 13.6. The van der Waals surface area contributed by atoms with Gasteiger partial charge in [0.15, 0.2) is 0 Å². The molecule has 2 aliphatic heterocycles. The van der Waals surface area contributed by atoms with Crippen LogP contribution in [0.1, 0.15) is 49.2 Å². The lowest BCUT2D eigenvalue weighted by molar-refractivity contribution is 0.0687. The molecule has 0 radical (unpaired) electrons. The quantitative estimate of drug-likeness (QED) is 0.869. The van der Waals surface area contributed by atoms with Gasteiger partial charge in [-0.25, -0.2) is 0 Å². The van der Waals surface area contributed by atoms with E-state index >= 15 is 0 Å². The van der Waals surface area contributed by atoms with Crippen LogP contribution in [0, 0.1) is 0 Å². The van der Waals surface area contributed by atoms with Gasteiger partial charge in [-0.15, -0.1) is 0 Å². The van der Waals surface area contributed by atoms with Crippen LogP contribution in [0.15, 0.2) is 29.5 Å². The molecular weight excluding hydrogens is 288 g/mol. The van der Waals surface area contributed by atoms with Gasteiger partial charge < -0.3 is 14.9 Å². The molecule has 2 aliphatic rings. The lowest BCUT2D eigenvalue weighted by atomic mass is 10.0. The largest absolute Gasteiger partial charge is 0.357 e. The summed E-state index contributed by atoms with van der Waals surface area (Å²) in [7, 11) is 0. The molecular formula is C18H22N4O. The van der Waals surface area contributed by atoms with Crippen molar-refractivity contribution in [1.29, 1.82) is 0 Å². The van der Waals surface area contributed by atoms with Gasteiger partial charge in [-0.3, -0.25) is 9.79 Å². The maximum Gasteiger partial charge on any atom is 0.270 e. The Kier molecular flexibility index (Phi) is 3.36. The number of nitrogens with one attached hydrogen (secondary N) is 2. The summed E-state index contributed by atoms with van der Waals surface area (Å²) >= 11 is 0. The van der Waals surface area contributed by atoms with Crippen molar-refractivity contribution >= 4 is 11.5 Å². The molecule has 2 unspecified atom stereocenters. The molecule has 0 bridgehead atoms. The lowest BCUT2D eigenvalue weighted by Gasteiger charge is -2.25. The zero-order valence-corrected chi connectivity index (χ0v) is 13.6. The topological polar surface area (TPSA) is 64.2 Å². The second kappa shape index (κ2) is 5.41. The van der Waals surface area contributed by atoms with Gasteiger partial charge in [0.25, 0.3) is 5.91 Å². The van der Waals surface area contributed by atoms with Crippen molar-refractivity contribution in [2.45, 2.75) is 45.2 Å². The van der Waals surface area contributed by atoms with Gasteiger partial charge >= 0.3 is 0 Å². The lowest BCUT2D eigenvalue weighted by Crippen LogP contribution is -2.38. The van der Waals surface area contributed by atoms with Gasteiger partial charge in [0, 0.05) is 36.2 Å². The van der Waals surface area contributed by atoms with Crippen LogP contribution in [-0.4, -0.2) is 39.4 Å². The number of H-pyrrole nitrogens is 2. The number of hydrogen-bond donors (Lipinski definition) is 2. The van der Waals surface area contributed by atoms with E-state index in [-0.39, 0.29) is 5.91 Å². The normalized spacial score (nSPS) is 23.7. The number of carbonyl (C=O) groups is 1. The third kappa shape index (κ3) is 2.31. The minimum absolute atomic E-state index is 0.115. The van der Waals surface area contributed by atoms with Crippen molar-refractivity contribution < 1.29 is 4.79 Å². The Morgan fingerprint density at radius 1 is 1.26 bits per heavy atom. The molecule has 0 aromatic carbocycles. The van der Waals surface area contributed by atoms with E-state index in [4.69, 9.17) is 0 Å². The molecule has 2 atom stereocenters. The first-order chi connectivity index (χ1) is 11.1. The number of nitrogens with zero attached hydrogens (tertiary/aromatic N) is 2. The second-order valence-corrected chi connectivity index (χ2v) is 6.64. The Morgan fingerprint density at radius 3 is 2.83 bits per heavy atom. The number of amides is 1. The van der Waals surface area contributed by atoms with Crippen molar-refractivity contribution in [2.24, 2.45) is 4.99 Å². The van der Waals surface area contributed by atoms with Crippen LogP contribution in [0.2, 0.25) is 0 Å². The SMILES string of the molecule is CC1CCC(C)N1C(=O)c1cc(C2=c3cc[nH]c3=NCC2)c[nH]1. The molecule has 2 aromatic heterocycles. The van der Waals surface area contributed by atoms with Crippen molar-refractivity contribution in [2.75, 3.05) is 6.54 Å². The van der Waals surface area contributed by atoms with Crippen LogP contribution < -0.4 is 10.7 Å². The maximum absolute atomic E-state index is 12.8. The average Bonchev–Trinajstić information content (AvgIpc) is 3.26. The van der Waals surface area contributed by atoms with Crippen molar-refractivity contribution in [1.82, 2.24) is 14.9 Å². The van der Waals surface area contributed by atoms with Crippen LogP contribution in [0.3, 0.4) is 0 Å². The Labute approximate surface area is 135 Å². The molecule has 4 heterocycles. The van der Waals surface area contributed by atoms with E-state index in [9.17, 15) is 4.79 Å².